The number of anilines is 1. The van der Waals surface area contributed by atoms with E-state index in [1.54, 1.807) is 6.20 Å². The van der Waals surface area contributed by atoms with Crippen molar-refractivity contribution >= 4 is 23.2 Å². The first kappa shape index (κ1) is 23.1. The van der Waals surface area contributed by atoms with Gasteiger partial charge < -0.3 is 9.80 Å². The van der Waals surface area contributed by atoms with Gasteiger partial charge in [-0.25, -0.2) is 0 Å². The van der Waals surface area contributed by atoms with E-state index in [1.807, 2.05) is 46.2 Å². The molecule has 0 spiro atoms. The molecule has 0 bridgehead atoms. The molecule has 0 saturated carbocycles. The van der Waals surface area contributed by atoms with Gasteiger partial charge in [-0.05, 0) is 36.5 Å². The van der Waals surface area contributed by atoms with Crippen LogP contribution in [0.3, 0.4) is 0 Å². The monoisotopic (exact) mass is 464 g/mol. The summed E-state index contributed by atoms with van der Waals surface area (Å²) < 4.78 is 1.31. The highest BCUT2D eigenvalue weighted by molar-refractivity contribution is 6.33. The van der Waals surface area contributed by atoms with Gasteiger partial charge in [-0.2, -0.15) is 9.78 Å². The molecule has 2 heterocycles. The molecule has 1 atom stereocenters. The maximum absolute atomic E-state index is 12.8. The van der Waals surface area contributed by atoms with Crippen LogP contribution in [0.5, 0.6) is 0 Å². The molecule has 172 valence electrons. The number of halogens is 1. The first-order valence-corrected chi connectivity index (χ1v) is 11.8. The Labute approximate surface area is 199 Å². The fourth-order valence-electron chi connectivity index (χ4n) is 4.18. The minimum absolute atomic E-state index is 0.156. The Bertz CT molecular complexity index is 1130. The number of piperazine rings is 1. The molecule has 6 nitrogen and oxygen atoms in total. The topological polar surface area (TPSA) is 58.4 Å². The van der Waals surface area contributed by atoms with E-state index in [1.165, 1.54) is 10.2 Å². The molecule has 1 aliphatic heterocycles. The van der Waals surface area contributed by atoms with E-state index in [9.17, 15) is 9.59 Å². The molecule has 7 heteroatoms. The van der Waals surface area contributed by atoms with E-state index in [0.717, 1.165) is 12.8 Å². The number of benzene rings is 2. The van der Waals surface area contributed by atoms with Gasteiger partial charge in [0.2, 0.25) is 5.91 Å². The highest BCUT2D eigenvalue weighted by Crippen LogP contribution is 2.23. The predicted octanol–water partition coefficient (Wildman–Crippen LogP) is 4.19. The molecule has 4 rings (SSSR count). The fraction of sp³-hybridized carbons (Fsp3) is 0.346. The van der Waals surface area contributed by atoms with Gasteiger partial charge in [-0.3, -0.25) is 9.59 Å². The second-order valence-corrected chi connectivity index (χ2v) is 8.98. The van der Waals surface area contributed by atoms with Crippen molar-refractivity contribution < 1.29 is 4.79 Å². The third kappa shape index (κ3) is 5.63. The van der Waals surface area contributed by atoms with Crippen LogP contribution in [0.1, 0.15) is 25.3 Å². The molecular formula is C26H29ClN4O2. The number of hydrogen-bond donors (Lipinski definition) is 0. The van der Waals surface area contributed by atoms with Crippen molar-refractivity contribution in [2.75, 3.05) is 31.1 Å². The highest BCUT2D eigenvalue weighted by atomic mass is 35.5. The SMILES string of the molecule is CC(CCc1ccccc1)CC(=O)N1CCN(c2cnn(-c3ccccc3)c(=O)c2Cl)CC1. The zero-order valence-electron chi connectivity index (χ0n) is 18.9. The highest BCUT2D eigenvalue weighted by Gasteiger charge is 2.25. The third-order valence-electron chi connectivity index (χ3n) is 6.17. The second-order valence-electron chi connectivity index (χ2n) is 8.60. The van der Waals surface area contributed by atoms with Gasteiger partial charge in [-0.15, -0.1) is 0 Å². The maximum atomic E-state index is 12.8. The normalized spacial score (nSPS) is 14.8. The van der Waals surface area contributed by atoms with Crippen LogP contribution in [0.25, 0.3) is 5.69 Å². The molecule has 1 aliphatic rings. The summed E-state index contributed by atoms with van der Waals surface area (Å²) in [4.78, 5) is 29.5. The lowest BCUT2D eigenvalue weighted by atomic mass is 9.97. The molecule has 3 aromatic rings. The van der Waals surface area contributed by atoms with Gasteiger partial charge >= 0.3 is 0 Å². The number of rotatable bonds is 7. The van der Waals surface area contributed by atoms with Gasteiger partial charge in [0.05, 0.1) is 17.6 Å². The summed E-state index contributed by atoms with van der Waals surface area (Å²) in [5.74, 6) is 0.527. The predicted molar refractivity (Wildman–Crippen MR) is 132 cm³/mol. The first-order valence-electron chi connectivity index (χ1n) is 11.4. The molecule has 1 fully saturated rings. The smallest absolute Gasteiger partial charge is 0.292 e. The lowest BCUT2D eigenvalue weighted by Crippen LogP contribution is -2.49. The van der Waals surface area contributed by atoms with E-state index < -0.39 is 0 Å². The number of hydrogen-bond acceptors (Lipinski definition) is 4. The molecule has 1 saturated heterocycles. The van der Waals surface area contributed by atoms with E-state index in [4.69, 9.17) is 11.6 Å². The molecule has 0 radical (unpaired) electrons. The van der Waals surface area contributed by atoms with Crippen LogP contribution < -0.4 is 10.5 Å². The summed E-state index contributed by atoms with van der Waals surface area (Å²) in [7, 11) is 0. The number of carbonyl (C=O) groups is 1. The molecule has 33 heavy (non-hydrogen) atoms. The summed E-state index contributed by atoms with van der Waals surface area (Å²) in [6.45, 7) is 4.62. The van der Waals surface area contributed by atoms with Crippen LogP contribution in [0.4, 0.5) is 5.69 Å². The average molecular weight is 465 g/mol. The van der Waals surface area contributed by atoms with Crippen molar-refractivity contribution in [2.45, 2.75) is 26.2 Å². The summed E-state index contributed by atoms with van der Waals surface area (Å²) in [5, 5.41) is 4.48. The van der Waals surface area contributed by atoms with Crippen LogP contribution in [-0.4, -0.2) is 46.8 Å². The lowest BCUT2D eigenvalue weighted by molar-refractivity contribution is -0.132. The Morgan fingerprint density at radius 3 is 2.30 bits per heavy atom. The minimum Gasteiger partial charge on any atom is -0.365 e. The van der Waals surface area contributed by atoms with E-state index in [0.29, 0.717) is 49.9 Å². The van der Waals surface area contributed by atoms with Crippen molar-refractivity contribution in [1.82, 2.24) is 14.7 Å². The third-order valence-corrected chi connectivity index (χ3v) is 6.52. The van der Waals surface area contributed by atoms with Crippen molar-refractivity contribution in [2.24, 2.45) is 5.92 Å². The standard InChI is InChI=1S/C26H29ClN4O2/c1-20(12-13-21-8-4-2-5-9-21)18-24(32)30-16-14-29(15-17-30)23-19-28-31(26(33)25(23)27)22-10-6-3-7-11-22/h2-11,19-20H,12-18H2,1H3. The summed E-state index contributed by atoms with van der Waals surface area (Å²) >= 11 is 6.44. The van der Waals surface area contributed by atoms with Crippen molar-refractivity contribution in [1.29, 1.82) is 0 Å². The van der Waals surface area contributed by atoms with Crippen molar-refractivity contribution in [3.63, 3.8) is 0 Å². The zero-order chi connectivity index (χ0) is 23.2. The van der Waals surface area contributed by atoms with E-state index in [2.05, 4.69) is 36.3 Å². The van der Waals surface area contributed by atoms with E-state index >= 15 is 0 Å². The van der Waals surface area contributed by atoms with E-state index in [-0.39, 0.29) is 16.5 Å². The van der Waals surface area contributed by atoms with Gasteiger partial charge in [0.25, 0.3) is 5.56 Å². The molecule has 1 aromatic heterocycles. The maximum Gasteiger partial charge on any atom is 0.292 e. The van der Waals surface area contributed by atoms with Crippen LogP contribution in [-0.2, 0) is 11.2 Å². The Hall–Kier alpha value is -3.12. The van der Waals surface area contributed by atoms with Crippen molar-refractivity contribution in [3.05, 3.63) is 87.8 Å². The molecule has 0 N–H and O–H groups in total. The van der Waals surface area contributed by atoms with Crippen LogP contribution in [0.15, 0.2) is 71.7 Å². The van der Waals surface area contributed by atoms with Gasteiger partial charge in [-0.1, -0.05) is 67.1 Å². The Balaban J connectivity index is 1.31. The quantitative estimate of drug-likeness (QED) is 0.526. The fourth-order valence-corrected chi connectivity index (χ4v) is 4.43. The number of aromatic nitrogens is 2. The van der Waals surface area contributed by atoms with Crippen LogP contribution in [0.2, 0.25) is 5.02 Å². The lowest BCUT2D eigenvalue weighted by Gasteiger charge is -2.36. The van der Waals surface area contributed by atoms with Crippen LogP contribution >= 0.6 is 11.6 Å². The zero-order valence-corrected chi connectivity index (χ0v) is 19.6. The summed E-state index contributed by atoms with van der Waals surface area (Å²) in [5.41, 5.74) is 2.26. The number of aryl methyl sites for hydroxylation is 1. The first-order chi connectivity index (χ1) is 16.0. The second kappa shape index (κ2) is 10.7. The molecular weight excluding hydrogens is 436 g/mol. The number of nitrogens with zero attached hydrogens (tertiary/aromatic N) is 4. The number of para-hydroxylation sites is 1. The largest absolute Gasteiger partial charge is 0.365 e. The summed E-state index contributed by atoms with van der Waals surface area (Å²) in [6.07, 6.45) is 4.18. The molecule has 0 aliphatic carbocycles. The molecule has 1 unspecified atom stereocenters. The summed E-state index contributed by atoms with van der Waals surface area (Å²) in [6, 6.07) is 19.6. The number of amides is 1. The van der Waals surface area contributed by atoms with Crippen molar-refractivity contribution in [3.8, 4) is 5.69 Å². The number of carbonyl (C=O) groups excluding carboxylic acids is 1. The molecule has 1 amide bonds. The Morgan fingerprint density at radius 2 is 1.64 bits per heavy atom. The molecule has 2 aromatic carbocycles. The Kier molecular flexibility index (Phi) is 7.45. The Morgan fingerprint density at radius 1 is 1.00 bits per heavy atom. The average Bonchev–Trinajstić information content (AvgIpc) is 2.86. The van der Waals surface area contributed by atoms with Gasteiger partial charge in [0.1, 0.15) is 5.02 Å². The van der Waals surface area contributed by atoms with Crippen LogP contribution in [0, 0.1) is 5.92 Å². The minimum atomic E-state index is -0.342. The van der Waals surface area contributed by atoms with Gasteiger partial charge in [0.15, 0.2) is 0 Å². The van der Waals surface area contributed by atoms with Gasteiger partial charge in [0, 0.05) is 32.6 Å².